The summed E-state index contributed by atoms with van der Waals surface area (Å²) in [5.41, 5.74) is 0.716. The van der Waals surface area contributed by atoms with E-state index in [0.717, 1.165) is 25.0 Å². The molecular formula is C18H20F2N4O. The van der Waals surface area contributed by atoms with E-state index in [1.165, 1.54) is 6.20 Å². The molecule has 1 N–H and O–H groups in total. The van der Waals surface area contributed by atoms with E-state index in [4.69, 9.17) is 0 Å². The molecule has 1 amide bonds. The summed E-state index contributed by atoms with van der Waals surface area (Å²) in [5.74, 6) is -0.919. The van der Waals surface area contributed by atoms with Gasteiger partial charge in [-0.1, -0.05) is 0 Å². The molecule has 0 unspecified atom stereocenters. The monoisotopic (exact) mass is 346 g/mol. The Hall–Kier alpha value is -2.28. The number of benzene rings is 1. The molecule has 0 radical (unpaired) electrons. The molecule has 132 valence electrons. The maximum Gasteiger partial charge on any atom is 0.234 e. The highest BCUT2D eigenvalue weighted by Crippen LogP contribution is 2.30. The summed E-state index contributed by atoms with van der Waals surface area (Å²) in [6.07, 6.45) is 3.67. The number of hydrogen-bond acceptors (Lipinski definition) is 4. The number of anilines is 1. The summed E-state index contributed by atoms with van der Waals surface area (Å²) < 4.78 is 28.2. The molecule has 1 aliphatic heterocycles. The quantitative estimate of drug-likeness (QED) is 0.919. The van der Waals surface area contributed by atoms with Gasteiger partial charge >= 0.3 is 0 Å². The third-order valence-electron chi connectivity index (χ3n) is 4.79. The van der Waals surface area contributed by atoms with Crippen molar-refractivity contribution in [1.29, 1.82) is 0 Å². The predicted octanol–water partition coefficient (Wildman–Crippen LogP) is 1.91. The molecule has 0 atom stereocenters. The van der Waals surface area contributed by atoms with Crippen LogP contribution in [0.2, 0.25) is 0 Å². The van der Waals surface area contributed by atoms with Crippen molar-refractivity contribution in [2.75, 3.05) is 37.6 Å². The summed E-state index contributed by atoms with van der Waals surface area (Å²) in [7, 11) is 0. The second kappa shape index (κ2) is 6.55. The smallest absolute Gasteiger partial charge is 0.234 e. The van der Waals surface area contributed by atoms with Gasteiger partial charge in [-0.05, 0) is 31.0 Å². The lowest BCUT2D eigenvalue weighted by Crippen LogP contribution is -2.49. The van der Waals surface area contributed by atoms with Crippen molar-refractivity contribution in [2.45, 2.75) is 18.9 Å². The molecule has 7 heteroatoms. The van der Waals surface area contributed by atoms with E-state index in [0.29, 0.717) is 44.5 Å². The molecule has 2 fully saturated rings. The highest BCUT2D eigenvalue weighted by molar-refractivity contribution is 5.92. The van der Waals surface area contributed by atoms with E-state index in [1.54, 1.807) is 6.07 Å². The van der Waals surface area contributed by atoms with Crippen molar-refractivity contribution in [3.05, 3.63) is 36.0 Å². The lowest BCUT2D eigenvalue weighted by molar-refractivity contribution is -0.122. The van der Waals surface area contributed by atoms with Crippen LogP contribution in [0.1, 0.15) is 12.8 Å². The van der Waals surface area contributed by atoms with Gasteiger partial charge in [0.2, 0.25) is 5.91 Å². The van der Waals surface area contributed by atoms with E-state index in [1.807, 2.05) is 4.90 Å². The van der Waals surface area contributed by atoms with Crippen molar-refractivity contribution in [2.24, 2.45) is 0 Å². The van der Waals surface area contributed by atoms with Crippen molar-refractivity contribution >= 4 is 22.5 Å². The fourth-order valence-electron chi connectivity index (χ4n) is 3.29. The van der Waals surface area contributed by atoms with E-state index < -0.39 is 11.6 Å². The summed E-state index contributed by atoms with van der Waals surface area (Å²) in [4.78, 5) is 20.0. The van der Waals surface area contributed by atoms with E-state index in [2.05, 4.69) is 15.2 Å². The SMILES string of the molecule is O=C(CN1CCN(c2ccnc3c(F)ccc(F)c23)CC1)NC1CC1. The lowest BCUT2D eigenvalue weighted by atomic mass is 10.1. The Morgan fingerprint density at radius 2 is 1.84 bits per heavy atom. The van der Waals surface area contributed by atoms with Crippen LogP contribution in [0.3, 0.4) is 0 Å². The van der Waals surface area contributed by atoms with Crippen LogP contribution in [-0.2, 0) is 4.79 Å². The zero-order chi connectivity index (χ0) is 17.4. The van der Waals surface area contributed by atoms with Crippen molar-refractivity contribution < 1.29 is 13.6 Å². The molecule has 1 aliphatic carbocycles. The Morgan fingerprint density at radius 3 is 2.56 bits per heavy atom. The van der Waals surface area contributed by atoms with Gasteiger partial charge in [0.25, 0.3) is 0 Å². The van der Waals surface area contributed by atoms with Crippen LogP contribution in [0, 0.1) is 11.6 Å². The van der Waals surface area contributed by atoms with Gasteiger partial charge in [0.05, 0.1) is 17.6 Å². The molecule has 0 spiro atoms. The van der Waals surface area contributed by atoms with E-state index >= 15 is 0 Å². The first-order valence-corrected chi connectivity index (χ1v) is 8.61. The predicted molar refractivity (Wildman–Crippen MR) is 91.5 cm³/mol. The third-order valence-corrected chi connectivity index (χ3v) is 4.79. The van der Waals surface area contributed by atoms with Crippen LogP contribution in [0.5, 0.6) is 0 Å². The van der Waals surface area contributed by atoms with Crippen LogP contribution in [0.25, 0.3) is 10.9 Å². The molecule has 1 saturated carbocycles. The molecular weight excluding hydrogens is 326 g/mol. The van der Waals surface area contributed by atoms with Gasteiger partial charge < -0.3 is 10.2 Å². The highest BCUT2D eigenvalue weighted by Gasteiger charge is 2.26. The number of halogens is 2. The third kappa shape index (κ3) is 3.42. The Bertz CT molecular complexity index is 801. The van der Waals surface area contributed by atoms with Gasteiger partial charge in [-0.2, -0.15) is 0 Å². The number of carbonyl (C=O) groups excluding carboxylic acids is 1. The van der Waals surface area contributed by atoms with Gasteiger partial charge in [-0.15, -0.1) is 0 Å². The average Bonchev–Trinajstić information content (AvgIpc) is 3.42. The Kier molecular flexibility index (Phi) is 4.25. The molecule has 2 aliphatic rings. The Balaban J connectivity index is 1.46. The zero-order valence-electron chi connectivity index (χ0n) is 13.8. The molecule has 1 saturated heterocycles. The first-order valence-electron chi connectivity index (χ1n) is 8.61. The van der Waals surface area contributed by atoms with Crippen molar-refractivity contribution in [3.8, 4) is 0 Å². The van der Waals surface area contributed by atoms with Crippen LogP contribution in [0.15, 0.2) is 24.4 Å². The standard InChI is InChI=1S/C18H20F2N4O/c19-13-3-4-14(20)18-17(13)15(5-6-21-18)24-9-7-23(8-10-24)11-16(25)22-12-1-2-12/h3-6,12H,1-2,7-11H2,(H,22,25). The van der Waals surface area contributed by atoms with Gasteiger partial charge in [0.15, 0.2) is 0 Å². The molecule has 1 aromatic carbocycles. The summed E-state index contributed by atoms with van der Waals surface area (Å²) in [6.45, 7) is 3.12. The van der Waals surface area contributed by atoms with Gasteiger partial charge in [-0.3, -0.25) is 14.7 Å². The normalized spacial score (nSPS) is 18.6. The number of amides is 1. The Labute approximate surface area is 144 Å². The summed E-state index contributed by atoms with van der Waals surface area (Å²) >= 11 is 0. The molecule has 25 heavy (non-hydrogen) atoms. The molecule has 2 heterocycles. The van der Waals surface area contributed by atoms with Crippen LogP contribution < -0.4 is 10.2 Å². The first-order chi connectivity index (χ1) is 12.1. The minimum Gasteiger partial charge on any atom is -0.368 e. The summed E-state index contributed by atoms with van der Waals surface area (Å²) in [6, 6.07) is 4.34. The maximum atomic E-state index is 14.3. The van der Waals surface area contributed by atoms with E-state index in [9.17, 15) is 13.6 Å². The Morgan fingerprint density at radius 1 is 1.12 bits per heavy atom. The molecule has 0 bridgehead atoms. The fourth-order valence-corrected chi connectivity index (χ4v) is 3.29. The minimum absolute atomic E-state index is 0.0590. The first kappa shape index (κ1) is 16.2. The second-order valence-corrected chi connectivity index (χ2v) is 6.69. The fraction of sp³-hybridized carbons (Fsp3) is 0.444. The van der Waals surface area contributed by atoms with Gasteiger partial charge in [0.1, 0.15) is 17.2 Å². The summed E-state index contributed by atoms with van der Waals surface area (Å²) in [5, 5.41) is 3.21. The van der Waals surface area contributed by atoms with Gasteiger partial charge in [-0.25, -0.2) is 8.78 Å². The highest BCUT2D eigenvalue weighted by atomic mass is 19.1. The molecule has 1 aromatic heterocycles. The number of aromatic nitrogens is 1. The zero-order valence-corrected chi connectivity index (χ0v) is 13.8. The lowest BCUT2D eigenvalue weighted by Gasteiger charge is -2.36. The van der Waals surface area contributed by atoms with Crippen LogP contribution in [0.4, 0.5) is 14.5 Å². The minimum atomic E-state index is -0.520. The molecule has 2 aromatic rings. The van der Waals surface area contributed by atoms with Crippen LogP contribution in [-0.4, -0.2) is 54.6 Å². The number of hydrogen-bond donors (Lipinski definition) is 1. The number of carbonyl (C=O) groups is 1. The number of rotatable bonds is 4. The maximum absolute atomic E-state index is 14.3. The molecule has 5 nitrogen and oxygen atoms in total. The number of piperazine rings is 1. The number of nitrogens with zero attached hydrogens (tertiary/aromatic N) is 3. The van der Waals surface area contributed by atoms with Crippen molar-refractivity contribution in [3.63, 3.8) is 0 Å². The average molecular weight is 346 g/mol. The number of pyridine rings is 1. The molecule has 4 rings (SSSR count). The van der Waals surface area contributed by atoms with Crippen molar-refractivity contribution in [1.82, 2.24) is 15.2 Å². The largest absolute Gasteiger partial charge is 0.368 e. The second-order valence-electron chi connectivity index (χ2n) is 6.69. The number of nitrogens with one attached hydrogen (secondary N) is 1. The topological polar surface area (TPSA) is 48.5 Å². The van der Waals surface area contributed by atoms with Crippen LogP contribution >= 0.6 is 0 Å². The van der Waals surface area contributed by atoms with Gasteiger partial charge in [0, 0.05) is 38.4 Å². The number of fused-ring (bicyclic) bond motifs is 1. The van der Waals surface area contributed by atoms with E-state index in [-0.39, 0.29) is 16.8 Å².